The topological polar surface area (TPSA) is 34.1 Å². The molecule has 0 saturated heterocycles. The zero-order valence-corrected chi connectivity index (χ0v) is 7.91. The predicted molar refractivity (Wildman–Crippen MR) is 48.8 cm³/mol. The van der Waals surface area contributed by atoms with Gasteiger partial charge < -0.3 is 0 Å². The summed E-state index contributed by atoms with van der Waals surface area (Å²) in [6.07, 6.45) is 3.72. The minimum Gasteiger partial charge on any atom is -0.299 e. The van der Waals surface area contributed by atoms with E-state index in [2.05, 4.69) is 13.8 Å². The van der Waals surface area contributed by atoms with Crippen LogP contribution in [0.1, 0.15) is 27.2 Å². The van der Waals surface area contributed by atoms with E-state index in [0.717, 1.165) is 12.7 Å². The van der Waals surface area contributed by atoms with E-state index >= 15 is 0 Å². The van der Waals surface area contributed by atoms with Gasteiger partial charge in [-0.2, -0.15) is 0 Å². The first-order chi connectivity index (χ1) is 5.67. The molecule has 0 amide bonds. The molecule has 0 radical (unpaired) electrons. The van der Waals surface area contributed by atoms with Gasteiger partial charge in [0.2, 0.25) is 0 Å². The van der Waals surface area contributed by atoms with Crippen LogP contribution in [-0.2, 0) is 9.59 Å². The Hall–Kier alpha value is -0.920. The lowest BCUT2D eigenvalue weighted by Gasteiger charge is -2.17. The van der Waals surface area contributed by atoms with Crippen molar-refractivity contribution in [1.29, 1.82) is 0 Å². The fourth-order valence-electron chi connectivity index (χ4n) is 1.42. The molecule has 1 atom stereocenters. The summed E-state index contributed by atoms with van der Waals surface area (Å²) in [6, 6.07) is 0. The third-order valence-electron chi connectivity index (χ3n) is 2.07. The number of rotatable bonds is 5. The van der Waals surface area contributed by atoms with E-state index in [1.54, 1.807) is 0 Å². The Balaban J connectivity index is 4.54. The SMILES string of the molecule is CCC(/C(C=O)=C\C=O)C(C)C. The first kappa shape index (κ1) is 11.1. The van der Waals surface area contributed by atoms with E-state index < -0.39 is 0 Å². The fraction of sp³-hybridized carbons (Fsp3) is 0.600. The van der Waals surface area contributed by atoms with Crippen LogP contribution < -0.4 is 0 Å². The Labute approximate surface area is 73.7 Å². The fourth-order valence-corrected chi connectivity index (χ4v) is 1.42. The molecule has 2 nitrogen and oxygen atoms in total. The van der Waals surface area contributed by atoms with Gasteiger partial charge in [-0.25, -0.2) is 0 Å². The van der Waals surface area contributed by atoms with Crippen molar-refractivity contribution in [3.05, 3.63) is 11.6 Å². The lowest BCUT2D eigenvalue weighted by Crippen LogP contribution is -2.11. The van der Waals surface area contributed by atoms with Crippen molar-refractivity contribution < 1.29 is 9.59 Å². The molecule has 0 aliphatic carbocycles. The van der Waals surface area contributed by atoms with E-state index in [0.29, 0.717) is 17.8 Å². The largest absolute Gasteiger partial charge is 0.299 e. The molecule has 12 heavy (non-hydrogen) atoms. The number of hydrogen-bond donors (Lipinski definition) is 0. The Kier molecular flexibility index (Phi) is 5.26. The monoisotopic (exact) mass is 168 g/mol. The third-order valence-corrected chi connectivity index (χ3v) is 2.07. The van der Waals surface area contributed by atoms with Gasteiger partial charge in [-0.3, -0.25) is 9.59 Å². The molecule has 0 fully saturated rings. The second-order valence-corrected chi connectivity index (χ2v) is 3.18. The van der Waals surface area contributed by atoms with Crippen LogP contribution in [0.3, 0.4) is 0 Å². The Morgan fingerprint density at radius 1 is 1.33 bits per heavy atom. The molecule has 0 aliphatic rings. The van der Waals surface area contributed by atoms with E-state index in [9.17, 15) is 9.59 Å². The molecule has 0 N–H and O–H groups in total. The third kappa shape index (κ3) is 2.99. The van der Waals surface area contributed by atoms with Gasteiger partial charge in [0.15, 0.2) is 0 Å². The van der Waals surface area contributed by atoms with Gasteiger partial charge in [-0.15, -0.1) is 0 Å². The summed E-state index contributed by atoms with van der Waals surface area (Å²) in [6.45, 7) is 6.12. The summed E-state index contributed by atoms with van der Waals surface area (Å²) in [5.41, 5.74) is 0.613. The van der Waals surface area contributed by atoms with Crippen molar-refractivity contribution in [3.63, 3.8) is 0 Å². The molecule has 0 rings (SSSR count). The summed E-state index contributed by atoms with van der Waals surface area (Å²) in [4.78, 5) is 20.8. The summed E-state index contributed by atoms with van der Waals surface area (Å²) in [7, 11) is 0. The van der Waals surface area contributed by atoms with E-state index in [-0.39, 0.29) is 5.92 Å². The van der Waals surface area contributed by atoms with Crippen LogP contribution in [0, 0.1) is 11.8 Å². The molecule has 2 heteroatoms. The smallest absolute Gasteiger partial charge is 0.146 e. The molecule has 1 unspecified atom stereocenters. The van der Waals surface area contributed by atoms with Gasteiger partial charge in [0.05, 0.1) is 0 Å². The maximum atomic E-state index is 10.6. The first-order valence-electron chi connectivity index (χ1n) is 4.27. The molecule has 0 heterocycles. The highest BCUT2D eigenvalue weighted by atomic mass is 16.1. The quantitative estimate of drug-likeness (QED) is 0.464. The highest BCUT2D eigenvalue weighted by Gasteiger charge is 2.15. The molecule has 0 aromatic heterocycles. The minimum atomic E-state index is 0.215. The van der Waals surface area contributed by atoms with Crippen molar-refractivity contribution in [3.8, 4) is 0 Å². The van der Waals surface area contributed by atoms with Gasteiger partial charge in [-0.05, 0) is 29.9 Å². The number of aldehydes is 2. The highest BCUT2D eigenvalue weighted by Crippen LogP contribution is 2.21. The van der Waals surface area contributed by atoms with E-state index in [4.69, 9.17) is 0 Å². The van der Waals surface area contributed by atoms with Crippen LogP contribution >= 0.6 is 0 Å². The van der Waals surface area contributed by atoms with Crippen LogP contribution in [-0.4, -0.2) is 12.6 Å². The molecule has 68 valence electrons. The second kappa shape index (κ2) is 5.70. The maximum Gasteiger partial charge on any atom is 0.146 e. The number of carbonyl (C=O) groups excluding carboxylic acids is 2. The maximum absolute atomic E-state index is 10.6. The van der Waals surface area contributed by atoms with Crippen LogP contribution in [0.5, 0.6) is 0 Å². The summed E-state index contributed by atoms with van der Waals surface area (Å²) >= 11 is 0. The van der Waals surface area contributed by atoms with Crippen LogP contribution in [0.2, 0.25) is 0 Å². The van der Waals surface area contributed by atoms with Crippen molar-refractivity contribution >= 4 is 12.6 Å². The predicted octanol–water partition coefficient (Wildman–Crippen LogP) is 1.99. The van der Waals surface area contributed by atoms with Gasteiger partial charge in [0.1, 0.15) is 12.6 Å². The van der Waals surface area contributed by atoms with E-state index in [1.807, 2.05) is 6.92 Å². The Bertz CT molecular complexity index is 180. The number of carbonyl (C=O) groups is 2. The normalized spacial score (nSPS) is 14.5. The van der Waals surface area contributed by atoms with Crippen molar-refractivity contribution in [1.82, 2.24) is 0 Å². The van der Waals surface area contributed by atoms with Crippen LogP contribution in [0.4, 0.5) is 0 Å². The average molecular weight is 168 g/mol. The summed E-state index contributed by atoms with van der Waals surface area (Å²) in [5.74, 6) is 0.624. The Morgan fingerprint density at radius 2 is 1.92 bits per heavy atom. The molecular formula is C10H16O2. The lowest BCUT2D eigenvalue weighted by atomic mass is 9.86. The van der Waals surface area contributed by atoms with Gasteiger partial charge >= 0.3 is 0 Å². The van der Waals surface area contributed by atoms with Gasteiger partial charge in [0.25, 0.3) is 0 Å². The van der Waals surface area contributed by atoms with Gasteiger partial charge in [-0.1, -0.05) is 20.8 Å². The molecule has 0 saturated carbocycles. The zero-order chi connectivity index (χ0) is 9.56. The molecule has 0 aliphatic heterocycles. The minimum absolute atomic E-state index is 0.215. The van der Waals surface area contributed by atoms with Crippen molar-refractivity contribution in [2.24, 2.45) is 11.8 Å². The van der Waals surface area contributed by atoms with Crippen molar-refractivity contribution in [2.45, 2.75) is 27.2 Å². The summed E-state index contributed by atoms with van der Waals surface area (Å²) < 4.78 is 0. The van der Waals surface area contributed by atoms with Crippen LogP contribution in [0.25, 0.3) is 0 Å². The zero-order valence-electron chi connectivity index (χ0n) is 7.91. The molecule has 0 bridgehead atoms. The van der Waals surface area contributed by atoms with Crippen molar-refractivity contribution in [2.75, 3.05) is 0 Å². The molecule has 0 spiro atoms. The molecule has 0 aromatic carbocycles. The molecule has 0 aromatic rings. The number of hydrogen-bond acceptors (Lipinski definition) is 2. The Morgan fingerprint density at radius 3 is 2.17 bits per heavy atom. The van der Waals surface area contributed by atoms with E-state index in [1.165, 1.54) is 6.08 Å². The summed E-state index contributed by atoms with van der Waals surface area (Å²) in [5, 5.41) is 0. The average Bonchev–Trinajstić information content (AvgIpc) is 2.03. The second-order valence-electron chi connectivity index (χ2n) is 3.18. The molecular weight excluding hydrogens is 152 g/mol. The first-order valence-corrected chi connectivity index (χ1v) is 4.27. The highest BCUT2D eigenvalue weighted by molar-refractivity contribution is 5.82. The van der Waals surface area contributed by atoms with Gasteiger partial charge in [0, 0.05) is 0 Å². The number of allylic oxidation sites excluding steroid dienone is 2. The lowest BCUT2D eigenvalue weighted by molar-refractivity contribution is -0.107. The van der Waals surface area contributed by atoms with Crippen LogP contribution in [0.15, 0.2) is 11.6 Å². The standard InChI is InChI=1S/C10H16O2/c1-4-10(8(2)3)9(7-12)5-6-11/h5-8,10H,4H2,1-3H3/b9-5-.